The van der Waals surface area contributed by atoms with Crippen LogP contribution < -0.4 is 0 Å². The Morgan fingerprint density at radius 1 is 1.64 bits per heavy atom. The van der Waals surface area contributed by atoms with E-state index in [1.807, 2.05) is 0 Å². The van der Waals surface area contributed by atoms with Crippen molar-refractivity contribution in [2.24, 2.45) is 5.92 Å². The third-order valence-electron chi connectivity index (χ3n) is 2.54. The van der Waals surface area contributed by atoms with Crippen LogP contribution >= 0.6 is 10.0 Å². The Balaban J connectivity index is 2.39. The Bertz CT molecular complexity index is 146. The van der Waals surface area contributed by atoms with Gasteiger partial charge in [0.05, 0.1) is 0 Å². The maximum Gasteiger partial charge on any atom is 0.159 e. The first kappa shape index (κ1) is 9.11. The van der Waals surface area contributed by atoms with Gasteiger partial charge in [0.1, 0.15) is 0 Å². The summed E-state index contributed by atoms with van der Waals surface area (Å²) < 4.78 is 0. The maximum absolute atomic E-state index is 10.7. The molecule has 0 aromatic heterocycles. The van der Waals surface area contributed by atoms with E-state index in [2.05, 4.69) is 13.2 Å². The first-order chi connectivity index (χ1) is 5.20. The Kier molecular flexibility index (Phi) is 2.99. The van der Waals surface area contributed by atoms with Crippen molar-refractivity contribution >= 4 is 15.6 Å². The Labute approximate surface area is 70.9 Å². The second kappa shape index (κ2) is 3.61. The van der Waals surface area contributed by atoms with Gasteiger partial charge in [-0.15, -0.1) is 0 Å². The molecule has 0 saturated carbocycles. The van der Waals surface area contributed by atoms with Gasteiger partial charge < -0.3 is 0 Å². The predicted molar refractivity (Wildman–Crippen MR) is 53.0 cm³/mol. The largest absolute Gasteiger partial charge is 0.293 e. The maximum atomic E-state index is 10.7. The third kappa shape index (κ3) is 2.22. The summed E-state index contributed by atoms with van der Waals surface area (Å²) in [5, 5.41) is 0. The van der Waals surface area contributed by atoms with Crippen LogP contribution in [0.3, 0.4) is 0 Å². The lowest BCUT2D eigenvalue weighted by Crippen LogP contribution is -2.03. The lowest BCUT2D eigenvalue weighted by molar-refractivity contribution is 0.537. The van der Waals surface area contributed by atoms with E-state index < -0.39 is 10.0 Å². The molecule has 0 amide bonds. The number of rotatable bonds is 3. The second-order valence-electron chi connectivity index (χ2n) is 3.76. The van der Waals surface area contributed by atoms with E-state index >= 15 is 0 Å². The molecule has 1 saturated heterocycles. The van der Waals surface area contributed by atoms with Gasteiger partial charge in [0.15, 0.2) is 5.62 Å². The van der Waals surface area contributed by atoms with Crippen LogP contribution in [-0.4, -0.2) is 23.4 Å². The molecule has 1 fully saturated rings. The van der Waals surface area contributed by atoms with Crippen molar-refractivity contribution in [1.82, 2.24) is 0 Å². The minimum Gasteiger partial charge on any atom is -0.293 e. The van der Waals surface area contributed by atoms with Gasteiger partial charge >= 0.3 is 0 Å². The highest BCUT2D eigenvalue weighted by Gasteiger charge is 2.29. The molecule has 1 rings (SSSR count). The molecular formula is C9H18OS. The fourth-order valence-corrected chi connectivity index (χ4v) is 4.49. The van der Waals surface area contributed by atoms with Crippen molar-refractivity contribution < 1.29 is 4.79 Å². The minimum absolute atomic E-state index is 0.794. The van der Waals surface area contributed by atoms with Crippen molar-refractivity contribution in [2.45, 2.75) is 26.2 Å². The summed E-state index contributed by atoms with van der Waals surface area (Å²) in [6, 6.07) is 0. The Morgan fingerprint density at radius 3 is 2.82 bits per heavy atom. The highest BCUT2D eigenvalue weighted by molar-refractivity contribution is 8.43. The van der Waals surface area contributed by atoms with Crippen LogP contribution in [0.4, 0.5) is 0 Å². The van der Waals surface area contributed by atoms with Gasteiger partial charge in [-0.3, -0.25) is 4.79 Å². The van der Waals surface area contributed by atoms with Crippen molar-refractivity contribution in [3.63, 3.8) is 0 Å². The molecule has 1 unspecified atom stereocenters. The molecule has 0 N–H and O–H groups in total. The van der Waals surface area contributed by atoms with Gasteiger partial charge in [-0.1, -0.05) is 13.3 Å². The van der Waals surface area contributed by atoms with Crippen LogP contribution in [0.1, 0.15) is 26.2 Å². The Morgan fingerprint density at radius 2 is 2.36 bits per heavy atom. The van der Waals surface area contributed by atoms with Gasteiger partial charge in [-0.05, 0) is 36.5 Å². The molecule has 11 heavy (non-hydrogen) atoms. The molecule has 0 aliphatic carbocycles. The average molecular weight is 174 g/mol. The quantitative estimate of drug-likeness (QED) is 0.601. The van der Waals surface area contributed by atoms with E-state index in [4.69, 9.17) is 0 Å². The molecule has 1 aliphatic heterocycles. The van der Waals surface area contributed by atoms with Crippen molar-refractivity contribution in [3.05, 3.63) is 0 Å². The van der Waals surface area contributed by atoms with Crippen molar-refractivity contribution in [3.8, 4) is 0 Å². The van der Waals surface area contributed by atoms with E-state index in [0.717, 1.165) is 5.92 Å². The molecule has 2 atom stereocenters. The zero-order chi connectivity index (χ0) is 8.32. The normalized spacial score (nSPS) is 43.3. The minimum atomic E-state index is -0.794. The van der Waals surface area contributed by atoms with Crippen LogP contribution in [0.2, 0.25) is 0 Å². The van der Waals surface area contributed by atoms with Crippen LogP contribution in [0, 0.1) is 5.92 Å². The zero-order valence-corrected chi connectivity index (χ0v) is 8.32. The lowest BCUT2D eigenvalue weighted by Gasteiger charge is -2.21. The summed E-state index contributed by atoms with van der Waals surface area (Å²) in [4.78, 5) is 10.7. The van der Waals surface area contributed by atoms with Crippen molar-refractivity contribution in [1.29, 1.82) is 0 Å². The third-order valence-corrected chi connectivity index (χ3v) is 5.40. The van der Waals surface area contributed by atoms with Crippen LogP contribution in [0.5, 0.6) is 0 Å². The molecule has 0 bridgehead atoms. The molecule has 1 aliphatic rings. The summed E-state index contributed by atoms with van der Waals surface area (Å²) in [7, 11) is -0.794. The fourth-order valence-electron chi connectivity index (χ4n) is 1.86. The van der Waals surface area contributed by atoms with E-state index in [9.17, 15) is 4.79 Å². The number of carbonyl (C=O) groups excluding carboxylic acids is 1. The topological polar surface area (TPSA) is 17.1 Å². The van der Waals surface area contributed by atoms with E-state index in [1.54, 1.807) is 0 Å². The molecule has 0 spiro atoms. The number of hydrogen-bond acceptors (Lipinski definition) is 1. The molecule has 0 aromatic rings. The van der Waals surface area contributed by atoms with Gasteiger partial charge in [0, 0.05) is 0 Å². The van der Waals surface area contributed by atoms with Crippen LogP contribution in [0.15, 0.2) is 0 Å². The molecule has 0 radical (unpaired) electrons. The van der Waals surface area contributed by atoms with E-state index in [1.165, 1.54) is 36.4 Å². The number of hydrogen-bond donors (Lipinski definition) is 0. The summed E-state index contributed by atoms with van der Waals surface area (Å²) in [5.74, 6) is 3.27. The van der Waals surface area contributed by atoms with Crippen LogP contribution in [-0.2, 0) is 4.79 Å². The van der Waals surface area contributed by atoms with Gasteiger partial charge in [-0.25, -0.2) is 0 Å². The van der Waals surface area contributed by atoms with Gasteiger partial charge in [0.25, 0.3) is 0 Å². The highest BCUT2D eigenvalue weighted by Crippen LogP contribution is 2.50. The first-order valence-electron chi connectivity index (χ1n) is 4.39. The average Bonchev–Trinajstić information content (AvgIpc) is 2.35. The fraction of sp³-hybridized carbons (Fsp3) is 0.889. The molecule has 1 nitrogen and oxygen atoms in total. The highest BCUT2D eigenvalue weighted by atomic mass is 32.3. The smallest absolute Gasteiger partial charge is 0.159 e. The van der Waals surface area contributed by atoms with Crippen molar-refractivity contribution in [2.75, 3.05) is 17.8 Å². The molecule has 66 valence electrons. The first-order valence-corrected chi connectivity index (χ1v) is 6.83. The molecular weight excluding hydrogens is 156 g/mol. The summed E-state index contributed by atoms with van der Waals surface area (Å²) in [6.45, 7) is 2.23. The molecule has 2 heteroatoms. The molecule has 0 aromatic carbocycles. The van der Waals surface area contributed by atoms with E-state index in [-0.39, 0.29) is 0 Å². The molecule has 1 heterocycles. The second-order valence-corrected chi connectivity index (χ2v) is 7.40. The van der Waals surface area contributed by atoms with Gasteiger partial charge in [0.2, 0.25) is 0 Å². The summed E-state index contributed by atoms with van der Waals surface area (Å²) >= 11 is 0. The zero-order valence-electron chi connectivity index (χ0n) is 7.51. The lowest BCUT2D eigenvalue weighted by atomic mass is 10.0. The predicted octanol–water partition coefficient (Wildman–Crippen LogP) is 2.43. The SMILES string of the molecule is CCC[C@H]1CCS(C)(C=O)C1. The van der Waals surface area contributed by atoms with Gasteiger partial charge in [-0.2, -0.15) is 10.0 Å². The Hall–Kier alpha value is 0.0200. The summed E-state index contributed by atoms with van der Waals surface area (Å²) in [6.07, 6.45) is 6.09. The van der Waals surface area contributed by atoms with Crippen LogP contribution in [0.25, 0.3) is 0 Å². The van der Waals surface area contributed by atoms with E-state index in [0.29, 0.717) is 0 Å². The number of carbonyl (C=O) groups is 1. The summed E-state index contributed by atoms with van der Waals surface area (Å²) in [5.41, 5.74) is 1.24. The monoisotopic (exact) mass is 174 g/mol. The standard InChI is InChI=1S/C9H18OS/c1-3-4-9-5-6-11(2,7-9)8-10/h8-9H,3-7H2,1-2H3/t9-/m0/s1.